The molecule has 1 aromatic heterocycles. The number of aliphatic imine (C=N–C) groups is 1. The van der Waals surface area contributed by atoms with Gasteiger partial charge in [0.15, 0.2) is 5.96 Å². The lowest BCUT2D eigenvalue weighted by atomic mass is 10.3. The number of rotatable bonds is 7. The van der Waals surface area contributed by atoms with Crippen molar-refractivity contribution in [3.63, 3.8) is 0 Å². The van der Waals surface area contributed by atoms with E-state index in [1.165, 1.54) is 0 Å². The highest BCUT2D eigenvalue weighted by molar-refractivity contribution is 14.0. The lowest BCUT2D eigenvalue weighted by Gasteiger charge is -2.10. The zero-order valence-electron chi connectivity index (χ0n) is 12.6. The molecule has 1 rings (SSSR count). The molecule has 0 aliphatic heterocycles. The van der Waals surface area contributed by atoms with E-state index in [1.807, 2.05) is 19.1 Å². The van der Waals surface area contributed by atoms with Gasteiger partial charge < -0.3 is 15.4 Å². The van der Waals surface area contributed by atoms with E-state index in [1.54, 1.807) is 6.20 Å². The van der Waals surface area contributed by atoms with Crippen LogP contribution in [-0.4, -0.2) is 30.6 Å². The van der Waals surface area contributed by atoms with Gasteiger partial charge >= 0.3 is 0 Å². The van der Waals surface area contributed by atoms with Crippen LogP contribution in [0.15, 0.2) is 23.3 Å². The van der Waals surface area contributed by atoms with Crippen molar-refractivity contribution in [2.24, 2.45) is 4.99 Å². The van der Waals surface area contributed by atoms with E-state index < -0.39 is 0 Å². The van der Waals surface area contributed by atoms with Crippen LogP contribution >= 0.6 is 24.0 Å². The summed E-state index contributed by atoms with van der Waals surface area (Å²) < 4.78 is 5.61. The third-order valence-electron chi connectivity index (χ3n) is 2.40. The Morgan fingerprint density at radius 2 is 2.24 bits per heavy atom. The molecule has 116 valence electrons. The Morgan fingerprint density at radius 3 is 2.90 bits per heavy atom. The van der Waals surface area contributed by atoms with Crippen molar-refractivity contribution in [3.8, 4) is 18.2 Å². The highest BCUT2D eigenvalue weighted by Gasteiger charge is 2.04. The van der Waals surface area contributed by atoms with E-state index in [0.717, 1.165) is 18.5 Å². The van der Waals surface area contributed by atoms with Crippen molar-refractivity contribution in [1.29, 1.82) is 0 Å². The van der Waals surface area contributed by atoms with Crippen molar-refractivity contribution in [1.82, 2.24) is 15.6 Å². The number of nitrogens with one attached hydrogen (secondary N) is 2. The molecule has 0 fully saturated rings. The minimum absolute atomic E-state index is 0. The third-order valence-corrected chi connectivity index (χ3v) is 2.40. The van der Waals surface area contributed by atoms with Gasteiger partial charge in [0.1, 0.15) is 0 Å². The monoisotopic (exact) mass is 402 g/mol. The number of nitrogens with zero attached hydrogens (tertiary/aromatic N) is 2. The summed E-state index contributed by atoms with van der Waals surface area (Å²) in [4.78, 5) is 8.71. The first kappa shape index (κ1) is 19.5. The second kappa shape index (κ2) is 12.3. The number of halogens is 1. The molecule has 0 unspecified atom stereocenters. The molecule has 0 aliphatic carbocycles. The molecule has 0 radical (unpaired) electrons. The smallest absolute Gasteiger partial charge is 0.218 e. The summed E-state index contributed by atoms with van der Waals surface area (Å²) in [6.45, 7) is 6.44. The molecule has 2 N–H and O–H groups in total. The second-order valence-electron chi connectivity index (χ2n) is 4.07. The van der Waals surface area contributed by atoms with Crippen LogP contribution in [0.25, 0.3) is 0 Å². The van der Waals surface area contributed by atoms with Gasteiger partial charge in [-0.25, -0.2) is 9.98 Å². The summed E-state index contributed by atoms with van der Waals surface area (Å²) in [7, 11) is 0. The van der Waals surface area contributed by atoms with Crippen molar-refractivity contribution in [2.45, 2.75) is 26.8 Å². The molecule has 1 aromatic rings. The van der Waals surface area contributed by atoms with E-state index in [2.05, 4.69) is 33.5 Å². The summed E-state index contributed by atoms with van der Waals surface area (Å²) in [6, 6.07) is 3.84. The molecule has 0 bridgehead atoms. The van der Waals surface area contributed by atoms with Gasteiger partial charge in [0.25, 0.3) is 0 Å². The first-order chi connectivity index (χ1) is 9.81. The molecule has 5 nitrogen and oxygen atoms in total. The minimum Gasteiger partial charge on any atom is -0.477 e. The fourth-order valence-corrected chi connectivity index (χ4v) is 1.51. The summed E-state index contributed by atoms with van der Waals surface area (Å²) in [5.74, 6) is 3.86. The van der Waals surface area contributed by atoms with Crippen molar-refractivity contribution >= 4 is 29.9 Å². The molecular formula is C15H23IN4O. The second-order valence-corrected chi connectivity index (χ2v) is 4.07. The van der Waals surface area contributed by atoms with E-state index in [-0.39, 0.29) is 24.0 Å². The zero-order valence-corrected chi connectivity index (χ0v) is 14.9. The van der Waals surface area contributed by atoms with Crippen molar-refractivity contribution < 1.29 is 4.74 Å². The number of hydrogen-bond acceptors (Lipinski definition) is 3. The van der Waals surface area contributed by atoms with Crippen LogP contribution in [0.5, 0.6) is 5.88 Å². The van der Waals surface area contributed by atoms with Gasteiger partial charge in [-0.15, -0.1) is 30.4 Å². The maximum atomic E-state index is 5.61. The quantitative estimate of drug-likeness (QED) is 0.318. The van der Waals surface area contributed by atoms with Crippen LogP contribution in [0.3, 0.4) is 0 Å². The molecule has 0 saturated carbocycles. The summed E-state index contributed by atoms with van der Waals surface area (Å²) in [5, 5.41) is 6.18. The van der Waals surface area contributed by atoms with Gasteiger partial charge in [-0.2, -0.15) is 0 Å². The number of hydrogen-bond donors (Lipinski definition) is 2. The van der Waals surface area contributed by atoms with Crippen LogP contribution in [0.1, 0.15) is 25.8 Å². The third kappa shape index (κ3) is 7.75. The maximum Gasteiger partial charge on any atom is 0.218 e. The van der Waals surface area contributed by atoms with Crippen molar-refractivity contribution in [3.05, 3.63) is 23.9 Å². The largest absolute Gasteiger partial charge is 0.477 e. The minimum atomic E-state index is 0. The molecule has 0 saturated heterocycles. The zero-order chi connectivity index (χ0) is 14.6. The van der Waals surface area contributed by atoms with Crippen LogP contribution < -0.4 is 15.4 Å². The molecular weight excluding hydrogens is 379 g/mol. The predicted octanol–water partition coefficient (Wildman–Crippen LogP) is 2.18. The Labute approximate surface area is 144 Å². The molecule has 0 atom stereocenters. The topological polar surface area (TPSA) is 58.5 Å². The lowest BCUT2D eigenvalue weighted by molar-refractivity contribution is 0.302. The van der Waals surface area contributed by atoms with Gasteiger partial charge in [0.05, 0.1) is 19.7 Å². The number of pyridine rings is 1. The van der Waals surface area contributed by atoms with Crippen LogP contribution in [0, 0.1) is 12.3 Å². The Balaban J connectivity index is 0.00000400. The number of guanidine groups is 1. The number of ether oxygens (including phenoxy) is 1. The van der Waals surface area contributed by atoms with Gasteiger partial charge in [-0.1, -0.05) is 18.9 Å². The standard InChI is InChI=1S/C15H22N4O.HI/c1-4-9-18-15(16-6-3)19-12-13-8-7-10-17-14(13)20-11-5-2;/h1,7-8,10H,5-6,9,11-12H2,2-3H3,(H2,16,18,19);1H. The fourth-order valence-electron chi connectivity index (χ4n) is 1.51. The first-order valence-electron chi connectivity index (χ1n) is 6.84. The predicted molar refractivity (Wildman–Crippen MR) is 97.1 cm³/mol. The van der Waals surface area contributed by atoms with E-state index >= 15 is 0 Å². The Morgan fingerprint density at radius 1 is 1.43 bits per heavy atom. The summed E-state index contributed by atoms with van der Waals surface area (Å²) in [6.07, 6.45) is 7.91. The van der Waals surface area contributed by atoms with E-state index in [0.29, 0.717) is 31.5 Å². The van der Waals surface area contributed by atoms with Crippen molar-refractivity contribution in [2.75, 3.05) is 19.7 Å². The Bertz CT molecular complexity index is 471. The van der Waals surface area contributed by atoms with E-state index in [4.69, 9.17) is 11.2 Å². The molecule has 21 heavy (non-hydrogen) atoms. The Hall–Kier alpha value is -1.49. The molecule has 0 aliphatic rings. The number of aromatic nitrogens is 1. The Kier molecular flexibility index (Phi) is 11.4. The normalized spacial score (nSPS) is 10.2. The highest BCUT2D eigenvalue weighted by Crippen LogP contribution is 2.15. The molecule has 0 amide bonds. The average molecular weight is 402 g/mol. The summed E-state index contributed by atoms with van der Waals surface area (Å²) in [5.41, 5.74) is 0.957. The van der Waals surface area contributed by atoms with Gasteiger partial charge in [0.2, 0.25) is 5.88 Å². The molecule has 0 spiro atoms. The lowest BCUT2D eigenvalue weighted by Crippen LogP contribution is -2.37. The maximum absolute atomic E-state index is 5.61. The first-order valence-corrected chi connectivity index (χ1v) is 6.84. The van der Waals surface area contributed by atoms with Crippen LogP contribution in [0.4, 0.5) is 0 Å². The van der Waals surface area contributed by atoms with Gasteiger partial charge in [0, 0.05) is 18.3 Å². The molecule has 6 heteroatoms. The van der Waals surface area contributed by atoms with E-state index in [9.17, 15) is 0 Å². The SMILES string of the molecule is C#CCNC(=NCc1cccnc1OCCC)NCC.I. The molecule has 0 aromatic carbocycles. The highest BCUT2D eigenvalue weighted by atomic mass is 127. The fraction of sp³-hybridized carbons (Fsp3) is 0.467. The van der Waals surface area contributed by atoms with Gasteiger partial charge in [-0.3, -0.25) is 0 Å². The molecule has 1 heterocycles. The van der Waals surface area contributed by atoms with Crippen LogP contribution in [0.2, 0.25) is 0 Å². The van der Waals surface area contributed by atoms with Crippen LogP contribution in [-0.2, 0) is 6.54 Å². The summed E-state index contributed by atoms with van der Waals surface area (Å²) >= 11 is 0. The number of terminal acetylenes is 1. The average Bonchev–Trinajstić information content (AvgIpc) is 2.48. The van der Waals surface area contributed by atoms with Gasteiger partial charge in [-0.05, 0) is 19.4 Å².